The van der Waals surface area contributed by atoms with Crippen LogP contribution in [0.4, 0.5) is 0 Å². The molecule has 1 aliphatic heterocycles. The number of hydrogen-bond donors (Lipinski definition) is 0. The quantitative estimate of drug-likeness (QED) is 0.741. The van der Waals surface area contributed by atoms with E-state index in [0.717, 1.165) is 12.8 Å². The molecule has 1 saturated heterocycles. The smallest absolute Gasteiger partial charge is 0.225 e. The van der Waals surface area contributed by atoms with Crippen molar-refractivity contribution in [3.8, 4) is 0 Å². The van der Waals surface area contributed by atoms with Crippen LogP contribution < -0.4 is 0 Å². The summed E-state index contributed by atoms with van der Waals surface area (Å²) in [6.45, 7) is 8.60. The summed E-state index contributed by atoms with van der Waals surface area (Å²) in [7, 11) is -3.02. The van der Waals surface area contributed by atoms with Gasteiger partial charge in [-0.1, -0.05) is 27.7 Å². The average molecular weight is 275 g/mol. The summed E-state index contributed by atoms with van der Waals surface area (Å²) in [6, 6.07) is 0. The fourth-order valence-corrected chi connectivity index (χ4v) is 4.36. The largest absolute Gasteiger partial charge is 0.340 e. The minimum Gasteiger partial charge on any atom is -0.340 e. The van der Waals surface area contributed by atoms with Crippen molar-refractivity contribution in [1.29, 1.82) is 0 Å². The van der Waals surface area contributed by atoms with E-state index in [1.807, 2.05) is 27.7 Å². The molecular weight excluding hydrogens is 250 g/mol. The number of nitrogens with zero attached hydrogens (tertiary/aromatic N) is 1. The van der Waals surface area contributed by atoms with Crippen LogP contribution in [-0.2, 0) is 14.6 Å². The highest BCUT2D eigenvalue weighted by Gasteiger charge is 2.40. The second-order valence-corrected chi connectivity index (χ2v) is 7.93. The van der Waals surface area contributed by atoms with Crippen molar-refractivity contribution in [3.05, 3.63) is 0 Å². The average Bonchev–Trinajstić information content (AvgIpc) is 2.14. The molecule has 1 aliphatic rings. The standard InChI is InChI=1S/C13H25NO3S/c1-5-11(6-2)13(15)14-7-12(8-14)18(16,17)9-10(3)4/h10-12H,5-9H2,1-4H3. The van der Waals surface area contributed by atoms with Crippen LogP contribution in [0.3, 0.4) is 0 Å². The lowest BCUT2D eigenvalue weighted by Crippen LogP contribution is -2.58. The number of carbonyl (C=O) groups excluding carboxylic acids is 1. The molecule has 1 fully saturated rings. The Kier molecular flexibility index (Phi) is 5.20. The normalized spacial score (nSPS) is 17.3. The summed E-state index contributed by atoms with van der Waals surface area (Å²) >= 11 is 0. The maximum Gasteiger partial charge on any atom is 0.225 e. The van der Waals surface area contributed by atoms with Crippen LogP contribution in [-0.4, -0.2) is 43.3 Å². The van der Waals surface area contributed by atoms with Crippen molar-refractivity contribution in [2.75, 3.05) is 18.8 Å². The second kappa shape index (κ2) is 6.04. The maximum atomic E-state index is 12.0. The lowest BCUT2D eigenvalue weighted by Gasteiger charge is -2.40. The van der Waals surface area contributed by atoms with Crippen LogP contribution in [0.15, 0.2) is 0 Å². The Morgan fingerprint density at radius 2 is 1.72 bits per heavy atom. The van der Waals surface area contributed by atoms with Gasteiger partial charge < -0.3 is 4.90 Å². The van der Waals surface area contributed by atoms with Crippen molar-refractivity contribution in [1.82, 2.24) is 4.90 Å². The molecule has 0 aromatic carbocycles. The third-order valence-corrected chi connectivity index (χ3v) is 6.01. The molecule has 0 aromatic rings. The predicted molar refractivity (Wildman–Crippen MR) is 73.1 cm³/mol. The number of carbonyl (C=O) groups is 1. The van der Waals surface area contributed by atoms with Gasteiger partial charge in [0.2, 0.25) is 5.91 Å². The van der Waals surface area contributed by atoms with Gasteiger partial charge in [-0.2, -0.15) is 0 Å². The predicted octanol–water partition coefficient (Wildman–Crippen LogP) is 1.70. The van der Waals surface area contributed by atoms with Crippen molar-refractivity contribution >= 4 is 15.7 Å². The highest BCUT2D eigenvalue weighted by Crippen LogP contribution is 2.23. The molecule has 0 saturated carbocycles. The Hall–Kier alpha value is -0.580. The van der Waals surface area contributed by atoms with Gasteiger partial charge in [0.15, 0.2) is 9.84 Å². The molecule has 0 bridgehead atoms. The molecule has 18 heavy (non-hydrogen) atoms. The summed E-state index contributed by atoms with van der Waals surface area (Å²) in [5, 5.41) is -0.335. The van der Waals surface area contributed by atoms with E-state index < -0.39 is 9.84 Å². The third kappa shape index (κ3) is 3.46. The maximum absolute atomic E-state index is 12.0. The first-order valence-electron chi connectivity index (χ1n) is 6.82. The highest BCUT2D eigenvalue weighted by atomic mass is 32.2. The first-order valence-corrected chi connectivity index (χ1v) is 8.53. The van der Waals surface area contributed by atoms with Gasteiger partial charge in [0.05, 0.1) is 11.0 Å². The SMILES string of the molecule is CCC(CC)C(=O)N1CC(S(=O)(=O)CC(C)C)C1. The third-order valence-electron chi connectivity index (χ3n) is 3.57. The topological polar surface area (TPSA) is 54.5 Å². The molecule has 0 aliphatic carbocycles. The Bertz CT molecular complexity index is 379. The van der Waals surface area contributed by atoms with E-state index in [9.17, 15) is 13.2 Å². The molecule has 0 unspecified atom stereocenters. The molecule has 1 heterocycles. The molecule has 5 heteroatoms. The first-order chi connectivity index (χ1) is 8.31. The number of hydrogen-bond acceptors (Lipinski definition) is 3. The molecule has 1 amide bonds. The zero-order valence-electron chi connectivity index (χ0n) is 11.8. The van der Waals surface area contributed by atoms with Gasteiger partial charge in [-0.25, -0.2) is 8.42 Å². The Labute approximate surface area is 111 Å². The van der Waals surface area contributed by atoms with E-state index in [-0.39, 0.29) is 28.7 Å². The summed E-state index contributed by atoms with van der Waals surface area (Å²) in [5.41, 5.74) is 0. The number of likely N-dealkylation sites (tertiary alicyclic amines) is 1. The number of amides is 1. The molecule has 0 aromatic heterocycles. The fraction of sp³-hybridized carbons (Fsp3) is 0.923. The monoisotopic (exact) mass is 275 g/mol. The van der Waals surface area contributed by atoms with Crippen LogP contribution in [0.25, 0.3) is 0 Å². The lowest BCUT2D eigenvalue weighted by atomic mass is 10.00. The van der Waals surface area contributed by atoms with Gasteiger partial charge >= 0.3 is 0 Å². The molecule has 0 spiro atoms. The van der Waals surface area contributed by atoms with E-state index in [1.165, 1.54) is 0 Å². The van der Waals surface area contributed by atoms with Gasteiger partial charge in [-0.3, -0.25) is 4.79 Å². The van der Waals surface area contributed by atoms with Crippen LogP contribution in [0.1, 0.15) is 40.5 Å². The Morgan fingerprint density at radius 3 is 2.11 bits per heavy atom. The van der Waals surface area contributed by atoms with Gasteiger partial charge in [-0.05, 0) is 18.8 Å². The van der Waals surface area contributed by atoms with Crippen molar-refractivity contribution in [3.63, 3.8) is 0 Å². The van der Waals surface area contributed by atoms with Gasteiger partial charge in [0.1, 0.15) is 0 Å². The van der Waals surface area contributed by atoms with Gasteiger partial charge in [-0.15, -0.1) is 0 Å². The van der Waals surface area contributed by atoms with Crippen LogP contribution in [0.5, 0.6) is 0 Å². The number of sulfone groups is 1. The lowest BCUT2D eigenvalue weighted by molar-refractivity contribution is -0.139. The van der Waals surface area contributed by atoms with Gasteiger partial charge in [0, 0.05) is 19.0 Å². The van der Waals surface area contributed by atoms with Crippen LogP contribution in [0, 0.1) is 11.8 Å². The van der Waals surface area contributed by atoms with Gasteiger partial charge in [0.25, 0.3) is 0 Å². The van der Waals surface area contributed by atoms with Crippen LogP contribution in [0.2, 0.25) is 0 Å². The summed E-state index contributed by atoms with van der Waals surface area (Å²) in [5.74, 6) is 0.554. The molecule has 4 nitrogen and oxygen atoms in total. The minimum absolute atomic E-state index is 0.0544. The number of rotatable bonds is 6. The summed E-state index contributed by atoms with van der Waals surface area (Å²) in [4.78, 5) is 13.7. The van der Waals surface area contributed by atoms with Crippen LogP contribution >= 0.6 is 0 Å². The molecular formula is C13H25NO3S. The van der Waals surface area contributed by atoms with Crippen molar-refractivity contribution in [2.45, 2.75) is 45.8 Å². The summed E-state index contributed by atoms with van der Waals surface area (Å²) in [6.07, 6.45) is 1.66. The zero-order chi connectivity index (χ0) is 13.9. The minimum atomic E-state index is -3.02. The van der Waals surface area contributed by atoms with E-state index in [1.54, 1.807) is 4.90 Å². The summed E-state index contributed by atoms with van der Waals surface area (Å²) < 4.78 is 23.9. The highest BCUT2D eigenvalue weighted by molar-refractivity contribution is 7.92. The van der Waals surface area contributed by atoms with Crippen molar-refractivity contribution < 1.29 is 13.2 Å². The fourth-order valence-electron chi connectivity index (χ4n) is 2.34. The van der Waals surface area contributed by atoms with E-state index >= 15 is 0 Å². The second-order valence-electron chi connectivity index (χ2n) is 5.60. The Morgan fingerprint density at radius 1 is 1.22 bits per heavy atom. The van der Waals surface area contributed by atoms with E-state index in [4.69, 9.17) is 0 Å². The molecule has 106 valence electrons. The molecule has 0 N–H and O–H groups in total. The molecule has 0 radical (unpaired) electrons. The molecule has 1 rings (SSSR count). The Balaban J connectivity index is 2.51. The van der Waals surface area contributed by atoms with Crippen molar-refractivity contribution in [2.24, 2.45) is 11.8 Å². The zero-order valence-corrected chi connectivity index (χ0v) is 12.7. The first kappa shape index (κ1) is 15.5. The molecule has 0 atom stereocenters. The van der Waals surface area contributed by atoms with E-state index in [2.05, 4.69) is 0 Å². The van der Waals surface area contributed by atoms with E-state index in [0.29, 0.717) is 13.1 Å².